The van der Waals surface area contributed by atoms with E-state index in [9.17, 15) is 22.4 Å². The Kier molecular flexibility index (Phi) is 5.83. The summed E-state index contributed by atoms with van der Waals surface area (Å²) in [6, 6.07) is 3.44. The van der Waals surface area contributed by atoms with Gasteiger partial charge in [-0.25, -0.2) is 4.39 Å². The lowest BCUT2D eigenvalue weighted by molar-refractivity contribution is -0.275. The first kappa shape index (κ1) is 23.1. The normalized spacial score (nSPS) is 20.4. The van der Waals surface area contributed by atoms with Gasteiger partial charge in [-0.2, -0.15) is 13.2 Å². The molecule has 1 aromatic heterocycles. The van der Waals surface area contributed by atoms with Crippen LogP contribution in [0.3, 0.4) is 0 Å². The number of hydrogen-bond donors (Lipinski definition) is 1. The molecule has 172 valence electrons. The van der Waals surface area contributed by atoms with Crippen LogP contribution >= 0.6 is 34.5 Å². The van der Waals surface area contributed by atoms with Crippen molar-refractivity contribution >= 4 is 46.3 Å². The number of carbonyl (C=O) groups is 1. The standard InChI is InChI=1S/C20H17Cl2F4N3O2S/c1-9(2)27-18(30)14-3-10-7-29(8-15(10)32-14)16-6-19(31-28-16,20(24,25)26)11-4-12(21)17(23)13(22)5-11/h3-5,9H,6-8H2,1-2H3,(H,27,30). The smallest absolute Gasteiger partial charge is 0.372 e. The summed E-state index contributed by atoms with van der Waals surface area (Å²) in [4.78, 5) is 20.2. The van der Waals surface area contributed by atoms with Gasteiger partial charge in [-0.05, 0) is 37.6 Å². The molecule has 1 atom stereocenters. The largest absolute Gasteiger partial charge is 0.435 e. The number of benzene rings is 1. The molecule has 2 aliphatic heterocycles. The molecule has 0 fully saturated rings. The predicted molar refractivity (Wildman–Crippen MR) is 113 cm³/mol. The second kappa shape index (κ2) is 8.07. The van der Waals surface area contributed by atoms with Gasteiger partial charge in [0.05, 0.1) is 27.9 Å². The maximum absolute atomic E-state index is 14.1. The predicted octanol–water partition coefficient (Wildman–Crippen LogP) is 5.84. The fourth-order valence-corrected chi connectivity index (χ4v) is 5.22. The Morgan fingerprint density at radius 1 is 1.25 bits per heavy atom. The highest BCUT2D eigenvalue weighted by atomic mass is 35.5. The van der Waals surface area contributed by atoms with Crippen LogP contribution in [0.5, 0.6) is 0 Å². The summed E-state index contributed by atoms with van der Waals surface area (Å²) in [5.74, 6) is -1.10. The Balaban J connectivity index is 1.55. The van der Waals surface area contributed by atoms with E-state index in [0.717, 1.165) is 22.6 Å². The molecule has 0 bridgehead atoms. The van der Waals surface area contributed by atoms with Gasteiger partial charge in [0, 0.05) is 23.0 Å². The van der Waals surface area contributed by atoms with Crippen molar-refractivity contribution in [2.45, 2.75) is 51.2 Å². The number of nitrogens with one attached hydrogen (secondary N) is 1. The van der Waals surface area contributed by atoms with Crippen molar-refractivity contribution in [1.82, 2.24) is 10.2 Å². The van der Waals surface area contributed by atoms with Gasteiger partial charge in [-0.15, -0.1) is 11.3 Å². The van der Waals surface area contributed by atoms with Crippen LogP contribution in [0.15, 0.2) is 23.4 Å². The third-order valence-corrected chi connectivity index (χ3v) is 6.93. The fraction of sp³-hybridized carbons (Fsp3) is 0.400. The molecule has 1 unspecified atom stereocenters. The molecule has 12 heteroatoms. The fourth-order valence-electron chi connectivity index (χ4n) is 3.64. The number of amidine groups is 1. The maximum Gasteiger partial charge on any atom is 0.435 e. The van der Waals surface area contributed by atoms with Gasteiger partial charge in [-0.1, -0.05) is 28.4 Å². The van der Waals surface area contributed by atoms with E-state index in [4.69, 9.17) is 28.0 Å². The van der Waals surface area contributed by atoms with Crippen LogP contribution in [0.2, 0.25) is 10.0 Å². The minimum atomic E-state index is -4.87. The van der Waals surface area contributed by atoms with Crippen LogP contribution in [-0.2, 0) is 23.5 Å². The molecule has 2 aromatic rings. The summed E-state index contributed by atoms with van der Waals surface area (Å²) in [6.07, 6.45) is -5.49. The Bertz CT molecular complexity index is 1070. The van der Waals surface area contributed by atoms with Crippen molar-refractivity contribution in [2.24, 2.45) is 5.16 Å². The van der Waals surface area contributed by atoms with Crippen molar-refractivity contribution in [3.05, 3.63) is 54.9 Å². The SMILES string of the molecule is CC(C)NC(=O)c1cc2c(s1)CN(C1=NOC(c3cc(Cl)c(F)c(Cl)c3)(C(F)(F)F)C1)C2. The number of amides is 1. The van der Waals surface area contributed by atoms with E-state index in [1.807, 2.05) is 13.8 Å². The van der Waals surface area contributed by atoms with Crippen molar-refractivity contribution in [1.29, 1.82) is 0 Å². The number of alkyl halides is 3. The summed E-state index contributed by atoms with van der Waals surface area (Å²) < 4.78 is 56.2. The van der Waals surface area contributed by atoms with Crippen LogP contribution in [0.4, 0.5) is 17.6 Å². The van der Waals surface area contributed by atoms with Crippen LogP contribution in [-0.4, -0.2) is 28.9 Å². The Morgan fingerprint density at radius 2 is 1.91 bits per heavy atom. The molecule has 0 saturated carbocycles. The Morgan fingerprint density at radius 3 is 2.47 bits per heavy atom. The summed E-state index contributed by atoms with van der Waals surface area (Å²) in [5, 5.41) is 5.46. The van der Waals surface area contributed by atoms with E-state index in [1.165, 1.54) is 11.3 Å². The van der Waals surface area contributed by atoms with Gasteiger partial charge in [-0.3, -0.25) is 4.79 Å². The van der Waals surface area contributed by atoms with Crippen LogP contribution in [0.1, 0.15) is 45.9 Å². The van der Waals surface area contributed by atoms with E-state index in [2.05, 4.69) is 10.5 Å². The van der Waals surface area contributed by atoms with Crippen molar-refractivity contribution < 1.29 is 27.2 Å². The molecule has 1 N–H and O–H groups in total. The van der Waals surface area contributed by atoms with Crippen molar-refractivity contribution in [2.75, 3.05) is 0 Å². The minimum Gasteiger partial charge on any atom is -0.372 e. The highest BCUT2D eigenvalue weighted by Crippen LogP contribution is 2.50. The van der Waals surface area contributed by atoms with E-state index in [0.29, 0.717) is 18.0 Å². The summed E-state index contributed by atoms with van der Waals surface area (Å²) in [5.41, 5.74) is -2.41. The van der Waals surface area contributed by atoms with Crippen LogP contribution < -0.4 is 5.32 Å². The zero-order valence-electron chi connectivity index (χ0n) is 16.8. The molecule has 0 aliphatic carbocycles. The van der Waals surface area contributed by atoms with E-state index >= 15 is 0 Å². The average Bonchev–Trinajstić information content (AvgIpc) is 3.37. The summed E-state index contributed by atoms with van der Waals surface area (Å²) in [7, 11) is 0. The third-order valence-electron chi connectivity index (χ3n) is 5.22. The zero-order valence-corrected chi connectivity index (χ0v) is 19.1. The number of thiophene rings is 1. The van der Waals surface area contributed by atoms with Crippen molar-refractivity contribution in [3.8, 4) is 0 Å². The lowest BCUT2D eigenvalue weighted by Gasteiger charge is -2.30. The number of carbonyl (C=O) groups excluding carboxylic acids is 1. The summed E-state index contributed by atoms with van der Waals surface area (Å²) >= 11 is 12.8. The molecule has 0 radical (unpaired) electrons. The molecule has 2 aliphatic rings. The van der Waals surface area contributed by atoms with E-state index in [1.54, 1.807) is 11.0 Å². The first-order valence-electron chi connectivity index (χ1n) is 9.55. The molecule has 1 amide bonds. The first-order valence-corrected chi connectivity index (χ1v) is 11.1. The third kappa shape index (κ3) is 3.92. The lowest BCUT2D eigenvalue weighted by atomic mass is 9.89. The Hall–Kier alpha value is -2.04. The number of nitrogens with zero attached hydrogens (tertiary/aromatic N) is 2. The van der Waals surface area contributed by atoms with Crippen molar-refractivity contribution in [3.63, 3.8) is 0 Å². The van der Waals surface area contributed by atoms with Gasteiger partial charge in [0.25, 0.3) is 11.5 Å². The van der Waals surface area contributed by atoms with E-state index < -0.39 is 39.6 Å². The second-order valence-corrected chi connectivity index (χ2v) is 9.85. The topological polar surface area (TPSA) is 53.9 Å². The number of halogens is 6. The van der Waals surface area contributed by atoms with E-state index in [-0.39, 0.29) is 17.8 Å². The molecule has 32 heavy (non-hydrogen) atoms. The van der Waals surface area contributed by atoms with Gasteiger partial charge >= 0.3 is 6.18 Å². The second-order valence-electron chi connectivity index (χ2n) is 7.90. The number of oxime groups is 1. The van der Waals surface area contributed by atoms with Gasteiger partial charge < -0.3 is 15.1 Å². The number of fused-ring (bicyclic) bond motifs is 1. The summed E-state index contributed by atoms with van der Waals surface area (Å²) in [6.45, 7) is 4.30. The van der Waals surface area contributed by atoms with Gasteiger partial charge in [0.2, 0.25) is 0 Å². The molecular weight excluding hydrogens is 493 g/mol. The molecule has 4 rings (SSSR count). The number of hydrogen-bond acceptors (Lipinski definition) is 5. The zero-order chi connectivity index (χ0) is 23.4. The molecular formula is C20H17Cl2F4N3O2S. The monoisotopic (exact) mass is 509 g/mol. The highest BCUT2D eigenvalue weighted by molar-refractivity contribution is 7.14. The molecule has 1 aromatic carbocycles. The lowest BCUT2D eigenvalue weighted by Crippen LogP contribution is -2.44. The number of rotatable bonds is 3. The molecule has 5 nitrogen and oxygen atoms in total. The first-order chi connectivity index (χ1) is 14.9. The quantitative estimate of drug-likeness (QED) is 0.417. The van der Waals surface area contributed by atoms with Crippen LogP contribution in [0, 0.1) is 5.82 Å². The highest BCUT2D eigenvalue weighted by Gasteiger charge is 2.63. The molecule has 0 saturated heterocycles. The Labute approximate surface area is 194 Å². The average molecular weight is 510 g/mol. The van der Waals surface area contributed by atoms with Crippen LogP contribution in [0.25, 0.3) is 0 Å². The minimum absolute atomic E-state index is 0.00936. The van der Waals surface area contributed by atoms with Gasteiger partial charge in [0.15, 0.2) is 5.82 Å². The maximum atomic E-state index is 14.1. The van der Waals surface area contributed by atoms with Gasteiger partial charge in [0.1, 0.15) is 5.84 Å². The molecule has 0 spiro atoms. The molecule has 3 heterocycles.